The van der Waals surface area contributed by atoms with Crippen molar-refractivity contribution < 1.29 is 19.4 Å². The van der Waals surface area contributed by atoms with Crippen molar-refractivity contribution in [2.45, 2.75) is 25.8 Å². The van der Waals surface area contributed by atoms with E-state index in [4.69, 9.17) is 9.84 Å². The van der Waals surface area contributed by atoms with Gasteiger partial charge in [0.25, 0.3) is 0 Å². The van der Waals surface area contributed by atoms with Crippen LogP contribution in [0.2, 0.25) is 0 Å². The maximum Gasteiger partial charge on any atom is 0.355 e. The zero-order valence-electron chi connectivity index (χ0n) is 12.6. The highest BCUT2D eigenvalue weighted by Crippen LogP contribution is 2.10. The highest BCUT2D eigenvalue weighted by Gasteiger charge is 2.19. The van der Waals surface area contributed by atoms with Crippen molar-refractivity contribution in [3.8, 4) is 0 Å². The highest BCUT2D eigenvalue weighted by molar-refractivity contribution is 7.09. The SMILES string of the molecule is C[C@@H](CC(=O)NCCc1nc(C(=O)O)cs1)N1CCOCC1. The lowest BCUT2D eigenvalue weighted by Gasteiger charge is -2.31. The normalized spacial score (nSPS) is 17.1. The maximum atomic E-state index is 11.9. The average molecular weight is 327 g/mol. The summed E-state index contributed by atoms with van der Waals surface area (Å²) in [6.45, 7) is 5.70. The molecular weight excluding hydrogens is 306 g/mol. The Labute approximate surface area is 133 Å². The fraction of sp³-hybridized carbons (Fsp3) is 0.643. The minimum absolute atomic E-state index is 0.00834. The minimum Gasteiger partial charge on any atom is -0.476 e. The van der Waals surface area contributed by atoms with E-state index in [0.29, 0.717) is 19.4 Å². The third-order valence-electron chi connectivity index (χ3n) is 3.58. The molecule has 1 aromatic heterocycles. The molecule has 1 saturated heterocycles. The molecule has 0 bridgehead atoms. The summed E-state index contributed by atoms with van der Waals surface area (Å²) in [5.41, 5.74) is 0.0623. The lowest BCUT2D eigenvalue weighted by atomic mass is 10.2. The van der Waals surface area contributed by atoms with Crippen LogP contribution in [0.5, 0.6) is 0 Å². The molecule has 1 aliphatic rings. The van der Waals surface area contributed by atoms with Crippen LogP contribution in [-0.2, 0) is 16.0 Å². The number of amides is 1. The van der Waals surface area contributed by atoms with Gasteiger partial charge in [0.15, 0.2) is 5.69 Å². The van der Waals surface area contributed by atoms with Crippen LogP contribution in [0.1, 0.15) is 28.8 Å². The first-order valence-corrected chi connectivity index (χ1v) is 8.20. The number of hydrogen-bond acceptors (Lipinski definition) is 6. The summed E-state index contributed by atoms with van der Waals surface area (Å²) in [6.07, 6.45) is 1.01. The molecule has 0 saturated carbocycles. The monoisotopic (exact) mass is 327 g/mol. The number of hydrogen-bond donors (Lipinski definition) is 2. The molecule has 2 rings (SSSR count). The number of ether oxygens (including phenoxy) is 1. The van der Waals surface area contributed by atoms with E-state index in [9.17, 15) is 9.59 Å². The third-order valence-corrected chi connectivity index (χ3v) is 4.49. The van der Waals surface area contributed by atoms with Gasteiger partial charge in [0.1, 0.15) is 0 Å². The van der Waals surface area contributed by atoms with E-state index >= 15 is 0 Å². The molecule has 0 unspecified atom stereocenters. The molecule has 1 aromatic rings. The van der Waals surface area contributed by atoms with Crippen LogP contribution in [-0.4, -0.2) is 65.8 Å². The Morgan fingerprint density at radius 2 is 2.23 bits per heavy atom. The van der Waals surface area contributed by atoms with Gasteiger partial charge in [0, 0.05) is 43.9 Å². The molecule has 0 radical (unpaired) electrons. The van der Waals surface area contributed by atoms with Gasteiger partial charge >= 0.3 is 5.97 Å². The van der Waals surface area contributed by atoms with Gasteiger partial charge in [0.2, 0.25) is 5.91 Å². The molecule has 1 aliphatic heterocycles. The van der Waals surface area contributed by atoms with Gasteiger partial charge < -0.3 is 15.2 Å². The van der Waals surface area contributed by atoms with Crippen LogP contribution in [0.3, 0.4) is 0 Å². The molecule has 1 atom stereocenters. The predicted molar refractivity (Wildman–Crippen MR) is 82.3 cm³/mol. The fourth-order valence-corrected chi connectivity index (χ4v) is 3.09. The first-order valence-electron chi connectivity index (χ1n) is 7.32. The van der Waals surface area contributed by atoms with Crippen molar-refractivity contribution in [3.05, 3.63) is 16.1 Å². The number of carbonyl (C=O) groups is 2. The van der Waals surface area contributed by atoms with Crippen molar-refractivity contribution in [2.75, 3.05) is 32.8 Å². The van der Waals surface area contributed by atoms with Gasteiger partial charge in [-0.05, 0) is 6.92 Å². The van der Waals surface area contributed by atoms with Crippen LogP contribution in [0.25, 0.3) is 0 Å². The molecule has 22 heavy (non-hydrogen) atoms. The quantitative estimate of drug-likeness (QED) is 0.762. The molecule has 2 N–H and O–H groups in total. The number of nitrogens with zero attached hydrogens (tertiary/aromatic N) is 2. The fourth-order valence-electron chi connectivity index (χ4n) is 2.32. The second-order valence-corrected chi connectivity index (χ2v) is 6.18. The molecule has 0 aromatic carbocycles. The van der Waals surface area contributed by atoms with Crippen molar-refractivity contribution in [1.29, 1.82) is 0 Å². The smallest absolute Gasteiger partial charge is 0.355 e. The van der Waals surface area contributed by atoms with E-state index in [0.717, 1.165) is 31.3 Å². The van der Waals surface area contributed by atoms with Crippen LogP contribution in [0.15, 0.2) is 5.38 Å². The lowest BCUT2D eigenvalue weighted by molar-refractivity contribution is -0.122. The number of nitrogens with one attached hydrogen (secondary N) is 1. The van der Waals surface area contributed by atoms with Gasteiger partial charge in [0.05, 0.1) is 18.2 Å². The van der Waals surface area contributed by atoms with Gasteiger partial charge in [-0.1, -0.05) is 0 Å². The number of rotatable bonds is 7. The molecule has 1 amide bonds. The summed E-state index contributed by atoms with van der Waals surface area (Å²) in [6, 6.07) is 0.197. The van der Waals surface area contributed by atoms with E-state index in [1.54, 1.807) is 0 Å². The number of aromatic carboxylic acids is 1. The maximum absolute atomic E-state index is 11.9. The number of morpholine rings is 1. The van der Waals surface area contributed by atoms with E-state index in [-0.39, 0.29) is 17.6 Å². The molecule has 7 nitrogen and oxygen atoms in total. The molecular formula is C14H21N3O4S. The Bertz CT molecular complexity index is 514. The van der Waals surface area contributed by atoms with E-state index in [1.807, 2.05) is 6.92 Å². The second-order valence-electron chi connectivity index (χ2n) is 5.23. The van der Waals surface area contributed by atoms with Crippen molar-refractivity contribution in [3.63, 3.8) is 0 Å². The van der Waals surface area contributed by atoms with Crippen molar-refractivity contribution in [1.82, 2.24) is 15.2 Å². The topological polar surface area (TPSA) is 91.8 Å². The predicted octanol–water partition coefficient (Wildman–Crippen LogP) is 0.611. The number of carboxylic acid groups (broad SMARTS) is 1. The van der Waals surface area contributed by atoms with Crippen LogP contribution >= 0.6 is 11.3 Å². The number of carboxylic acids is 1. The average Bonchev–Trinajstić information content (AvgIpc) is 2.97. The van der Waals surface area contributed by atoms with Crippen molar-refractivity contribution >= 4 is 23.2 Å². The molecule has 122 valence electrons. The minimum atomic E-state index is -1.02. The Balaban J connectivity index is 1.67. The number of carbonyl (C=O) groups excluding carboxylic acids is 1. The number of thiazole rings is 1. The first-order chi connectivity index (χ1) is 10.6. The highest BCUT2D eigenvalue weighted by atomic mass is 32.1. The molecule has 8 heteroatoms. The number of aromatic nitrogens is 1. The third kappa shape index (κ3) is 5.04. The Morgan fingerprint density at radius 3 is 2.86 bits per heavy atom. The summed E-state index contributed by atoms with van der Waals surface area (Å²) < 4.78 is 5.30. The van der Waals surface area contributed by atoms with E-state index < -0.39 is 5.97 Å². The summed E-state index contributed by atoms with van der Waals surface area (Å²) in [5, 5.41) is 13.9. The molecule has 0 aliphatic carbocycles. The van der Waals surface area contributed by atoms with Crippen LogP contribution in [0.4, 0.5) is 0 Å². The van der Waals surface area contributed by atoms with E-state index in [2.05, 4.69) is 15.2 Å². The molecule has 1 fully saturated rings. The van der Waals surface area contributed by atoms with Gasteiger partial charge in [-0.15, -0.1) is 11.3 Å². The van der Waals surface area contributed by atoms with E-state index in [1.165, 1.54) is 16.7 Å². The summed E-state index contributed by atoms with van der Waals surface area (Å²) in [5.74, 6) is -1.01. The standard InChI is InChI=1S/C14H21N3O4S/c1-10(17-4-6-21-7-5-17)8-12(18)15-3-2-13-16-11(9-22-13)14(19)20/h9-10H,2-8H2,1H3,(H,15,18)(H,19,20)/t10-/m0/s1. The Kier molecular flexibility index (Phi) is 6.29. The van der Waals surface area contributed by atoms with Gasteiger partial charge in [-0.25, -0.2) is 9.78 Å². The summed E-state index contributed by atoms with van der Waals surface area (Å²) in [7, 11) is 0. The van der Waals surface area contributed by atoms with Crippen molar-refractivity contribution in [2.24, 2.45) is 0 Å². The Hall–Kier alpha value is -1.51. The largest absolute Gasteiger partial charge is 0.476 e. The molecule has 2 heterocycles. The summed E-state index contributed by atoms with van der Waals surface area (Å²) >= 11 is 1.30. The Morgan fingerprint density at radius 1 is 1.50 bits per heavy atom. The molecule has 0 spiro atoms. The first kappa shape index (κ1) is 16.9. The zero-order valence-corrected chi connectivity index (χ0v) is 13.4. The lowest BCUT2D eigenvalue weighted by Crippen LogP contribution is -2.44. The van der Waals surface area contributed by atoms with Gasteiger partial charge in [-0.3, -0.25) is 9.69 Å². The van der Waals surface area contributed by atoms with Crippen LogP contribution in [0, 0.1) is 0 Å². The summed E-state index contributed by atoms with van der Waals surface area (Å²) in [4.78, 5) is 28.9. The zero-order chi connectivity index (χ0) is 15.9. The van der Waals surface area contributed by atoms with Crippen LogP contribution < -0.4 is 5.32 Å². The second kappa shape index (κ2) is 8.21. The van der Waals surface area contributed by atoms with Gasteiger partial charge in [-0.2, -0.15) is 0 Å².